The summed E-state index contributed by atoms with van der Waals surface area (Å²) in [6.45, 7) is 13.5. The molecule has 1 aliphatic rings. The summed E-state index contributed by atoms with van der Waals surface area (Å²) in [6.07, 6.45) is 0. The van der Waals surface area contributed by atoms with Gasteiger partial charge < -0.3 is 16.4 Å². The number of benzene rings is 5. The van der Waals surface area contributed by atoms with Crippen LogP contribution in [0.2, 0.25) is 0 Å². The average molecular weight is 548 g/mol. The Morgan fingerprint density at radius 2 is 1.55 bits per heavy atom. The van der Waals surface area contributed by atoms with Crippen LogP contribution in [0.4, 0.5) is 22.7 Å². The Kier molecular flexibility index (Phi) is 5.99. The second kappa shape index (κ2) is 9.24. The number of fused-ring (bicyclic) bond motifs is 2. The fourth-order valence-electron chi connectivity index (χ4n) is 5.26. The van der Waals surface area contributed by atoms with Gasteiger partial charge in [0, 0.05) is 59.0 Å². The van der Waals surface area contributed by atoms with Gasteiger partial charge in [0.15, 0.2) is 0 Å². The minimum Gasteiger partial charge on any atom is -0.398 e. The zero-order valence-corrected chi connectivity index (χ0v) is 23.2. The van der Waals surface area contributed by atoms with Gasteiger partial charge in [0.2, 0.25) is 0 Å². The molecule has 0 unspecified atom stereocenters. The maximum Gasteiger partial charge on any atom is 0.0541 e. The van der Waals surface area contributed by atoms with E-state index in [4.69, 9.17) is 5.73 Å². The second-order valence-corrected chi connectivity index (χ2v) is 10.9. The van der Waals surface area contributed by atoms with E-state index in [1.807, 2.05) is 42.5 Å². The van der Waals surface area contributed by atoms with Crippen LogP contribution in [0.25, 0.3) is 39.3 Å². The molecule has 0 bridgehead atoms. The molecule has 0 fully saturated rings. The maximum absolute atomic E-state index is 6.17. The van der Waals surface area contributed by atoms with E-state index in [9.17, 15) is 0 Å². The summed E-state index contributed by atoms with van der Waals surface area (Å²) in [5.41, 5.74) is 13.0. The van der Waals surface area contributed by atoms with E-state index in [2.05, 4.69) is 98.6 Å². The van der Waals surface area contributed by atoms with Crippen molar-refractivity contribution in [2.75, 3.05) is 16.4 Å². The fraction of sp³-hybridized carbons (Fsp3) is 0. The molecule has 5 aromatic rings. The summed E-state index contributed by atoms with van der Waals surface area (Å²) in [4.78, 5) is 2.31. The van der Waals surface area contributed by atoms with Gasteiger partial charge in [-0.15, -0.1) is 37.9 Å². The van der Waals surface area contributed by atoms with Crippen LogP contribution in [0.5, 0.6) is 0 Å². The van der Waals surface area contributed by atoms with Gasteiger partial charge in [0.1, 0.15) is 0 Å². The highest BCUT2D eigenvalue weighted by Gasteiger charge is 2.23. The minimum absolute atomic E-state index is 0.577. The molecule has 5 aromatic carbocycles. The summed E-state index contributed by atoms with van der Waals surface area (Å²) in [5.74, 6) is 0. The van der Waals surface area contributed by atoms with Crippen LogP contribution < -0.4 is 26.8 Å². The number of nitrogens with one attached hydrogen (secondary N) is 2. The molecule has 6 heteroatoms. The summed E-state index contributed by atoms with van der Waals surface area (Å²) in [5, 5.41) is 13.3. The van der Waals surface area contributed by atoms with Crippen LogP contribution in [0.1, 0.15) is 5.56 Å². The van der Waals surface area contributed by atoms with Crippen molar-refractivity contribution in [1.82, 2.24) is 0 Å². The molecule has 0 saturated heterocycles. The molecule has 4 N–H and O–H groups in total. The number of allylic oxidation sites excluding steroid dienone is 1. The van der Waals surface area contributed by atoms with E-state index in [-0.39, 0.29) is 0 Å². The van der Waals surface area contributed by atoms with Gasteiger partial charge in [0.25, 0.3) is 0 Å². The highest BCUT2D eigenvalue weighted by molar-refractivity contribution is 7.81. The Morgan fingerprint density at radius 1 is 0.789 bits per heavy atom. The number of hydrogen-bond acceptors (Lipinski definition) is 6. The number of hydrogen-bond donors (Lipinski definition) is 6. The molecule has 0 spiro atoms. The topological polar surface area (TPSA) is 50.1 Å². The van der Waals surface area contributed by atoms with Crippen molar-refractivity contribution in [3.05, 3.63) is 108 Å². The molecule has 0 atom stereocenters. The molecule has 0 aromatic heterocycles. The van der Waals surface area contributed by atoms with Gasteiger partial charge in [-0.3, -0.25) is 0 Å². The summed E-state index contributed by atoms with van der Waals surface area (Å²) >= 11 is 13.7. The molecule has 0 amide bonds. The van der Waals surface area contributed by atoms with Crippen LogP contribution in [-0.2, 0) is 0 Å². The predicted octanol–water partition coefficient (Wildman–Crippen LogP) is 7.40. The Hall–Kier alpha value is -3.71. The van der Waals surface area contributed by atoms with E-state index in [1.165, 1.54) is 0 Å². The zero-order chi connectivity index (χ0) is 26.7. The van der Waals surface area contributed by atoms with Gasteiger partial charge in [0.05, 0.1) is 5.69 Å². The second-order valence-electron chi connectivity index (χ2n) is 9.37. The van der Waals surface area contributed by atoms with Crippen LogP contribution in [0.15, 0.2) is 106 Å². The van der Waals surface area contributed by atoms with Crippen molar-refractivity contribution in [3.8, 4) is 0 Å². The molecule has 1 aliphatic heterocycles. The van der Waals surface area contributed by atoms with Gasteiger partial charge in [-0.1, -0.05) is 56.1 Å². The molecular formula is C32H25N3S3. The lowest BCUT2D eigenvalue weighted by Crippen LogP contribution is -2.24. The van der Waals surface area contributed by atoms with Crippen molar-refractivity contribution in [3.63, 3.8) is 0 Å². The highest BCUT2D eigenvalue weighted by Crippen LogP contribution is 2.39. The molecule has 0 radical (unpaired) electrons. The van der Waals surface area contributed by atoms with E-state index >= 15 is 0 Å². The largest absolute Gasteiger partial charge is 0.398 e. The third-order valence-electron chi connectivity index (χ3n) is 7.03. The summed E-state index contributed by atoms with van der Waals surface area (Å²) < 4.78 is 0. The first-order valence-electron chi connectivity index (χ1n) is 12.0. The number of nitrogens with two attached hydrogens (primary N) is 1. The average Bonchev–Trinajstić information content (AvgIpc) is 2.90. The number of anilines is 4. The summed E-state index contributed by atoms with van der Waals surface area (Å²) in [7, 11) is 0. The molecule has 3 nitrogen and oxygen atoms in total. The van der Waals surface area contributed by atoms with E-state index in [0.29, 0.717) is 10.6 Å². The highest BCUT2D eigenvalue weighted by atomic mass is 32.1. The Bertz CT molecular complexity index is 1980. The molecule has 1 heterocycles. The normalized spacial score (nSPS) is 12.6. The monoisotopic (exact) mass is 547 g/mol. The van der Waals surface area contributed by atoms with Gasteiger partial charge in [-0.05, 0) is 63.5 Å². The molecule has 38 heavy (non-hydrogen) atoms. The third-order valence-corrected chi connectivity index (χ3v) is 8.06. The van der Waals surface area contributed by atoms with Crippen molar-refractivity contribution in [2.45, 2.75) is 14.7 Å². The summed E-state index contributed by atoms with van der Waals surface area (Å²) in [6, 6.07) is 24.2. The van der Waals surface area contributed by atoms with Crippen LogP contribution >= 0.6 is 37.9 Å². The van der Waals surface area contributed by atoms with Crippen molar-refractivity contribution in [1.29, 1.82) is 0 Å². The lowest BCUT2D eigenvalue weighted by molar-refractivity contribution is 1.34. The standard InChI is InChI=1S/C32H25N3S3/c1-16(19-7-6-8-20(36)13-19)29-18(3)34-25-12-11-24(35-26-14-23(33)27(37)15-28(26)38)30-17(2)21-9-4-5-10-22(21)31(29)32(25)30/h4-15,34-38H,1-3,33H2. The smallest absolute Gasteiger partial charge is 0.0541 e. The fourth-order valence-corrected chi connectivity index (χ4v) is 6.03. The van der Waals surface area contributed by atoms with E-state index < -0.39 is 0 Å². The van der Waals surface area contributed by atoms with Crippen molar-refractivity contribution < 1.29 is 0 Å². The maximum atomic E-state index is 6.17. The lowest BCUT2D eigenvalue weighted by Gasteiger charge is -2.26. The van der Waals surface area contributed by atoms with Gasteiger partial charge >= 0.3 is 0 Å². The zero-order valence-electron chi connectivity index (χ0n) is 20.5. The molecule has 186 valence electrons. The molecule has 0 aliphatic carbocycles. The Morgan fingerprint density at radius 3 is 2.32 bits per heavy atom. The van der Waals surface area contributed by atoms with E-state index in [0.717, 1.165) is 81.2 Å². The van der Waals surface area contributed by atoms with Crippen molar-refractivity contribution >= 4 is 99.9 Å². The van der Waals surface area contributed by atoms with Gasteiger partial charge in [-0.25, -0.2) is 0 Å². The molecule has 6 rings (SSSR count). The first-order chi connectivity index (χ1) is 18.2. The number of thiol groups is 3. The van der Waals surface area contributed by atoms with Gasteiger partial charge in [-0.2, -0.15) is 0 Å². The first kappa shape index (κ1) is 24.6. The Balaban J connectivity index is 1.74. The Labute approximate surface area is 237 Å². The first-order valence-corrected chi connectivity index (χ1v) is 13.3. The number of nitrogen functional groups attached to an aromatic ring is 1. The predicted molar refractivity (Wildman–Crippen MR) is 174 cm³/mol. The lowest BCUT2D eigenvalue weighted by atomic mass is 9.86. The quantitative estimate of drug-likeness (QED) is 0.0808. The van der Waals surface area contributed by atoms with Crippen LogP contribution in [0.3, 0.4) is 0 Å². The van der Waals surface area contributed by atoms with Crippen LogP contribution in [0, 0.1) is 0 Å². The molecular weight excluding hydrogens is 523 g/mol. The SMILES string of the molecule is C=C1Nc2ccc(Nc3cc(N)c(S)cc3S)c3c(=C)c4ccccc4c(c23)=C1C(=C)c1cccc(S)c1. The van der Waals surface area contributed by atoms with Crippen LogP contribution in [-0.4, -0.2) is 0 Å². The molecule has 0 saturated carbocycles. The minimum atomic E-state index is 0.577. The van der Waals surface area contributed by atoms with E-state index in [1.54, 1.807) is 0 Å². The third kappa shape index (κ3) is 3.88. The van der Waals surface area contributed by atoms with Crippen molar-refractivity contribution in [2.24, 2.45) is 0 Å². The number of rotatable bonds is 4.